The molecule has 0 aliphatic carbocycles. The summed E-state index contributed by atoms with van der Waals surface area (Å²) in [6, 6.07) is 0. The van der Waals surface area contributed by atoms with E-state index in [9.17, 15) is 0 Å². The summed E-state index contributed by atoms with van der Waals surface area (Å²) in [5.74, 6) is 0.532. The smallest absolute Gasteiger partial charge is 0.122 e. The van der Waals surface area contributed by atoms with E-state index in [4.69, 9.17) is 5.73 Å². The molecule has 90 valence electrons. The Morgan fingerprint density at radius 2 is 2.06 bits per heavy atom. The second-order valence-electron chi connectivity index (χ2n) is 3.66. The Kier molecular flexibility index (Phi) is 8.12. The summed E-state index contributed by atoms with van der Waals surface area (Å²) in [6.07, 6.45) is 8.65. The van der Waals surface area contributed by atoms with Crippen LogP contribution in [0.15, 0.2) is 33.4 Å². The minimum atomic E-state index is 0.532. The maximum atomic E-state index is 5.73. The molecule has 0 saturated heterocycles. The van der Waals surface area contributed by atoms with Gasteiger partial charge < -0.3 is 5.73 Å². The molecule has 0 aromatic heterocycles. The molecular weight excluding hydrogens is 198 g/mol. The molecule has 0 spiro atoms. The fourth-order valence-corrected chi connectivity index (χ4v) is 1.29. The summed E-state index contributed by atoms with van der Waals surface area (Å²) >= 11 is 0. The van der Waals surface area contributed by atoms with Crippen molar-refractivity contribution in [3.63, 3.8) is 0 Å². The summed E-state index contributed by atoms with van der Waals surface area (Å²) in [5.41, 5.74) is 7.54. The molecule has 2 N–H and O–H groups in total. The summed E-state index contributed by atoms with van der Waals surface area (Å²) in [5, 5.41) is 0. The van der Waals surface area contributed by atoms with E-state index < -0.39 is 0 Å². The van der Waals surface area contributed by atoms with E-state index in [0.29, 0.717) is 5.84 Å². The molecule has 0 saturated carbocycles. The van der Waals surface area contributed by atoms with Crippen LogP contribution in [-0.2, 0) is 0 Å². The van der Waals surface area contributed by atoms with Gasteiger partial charge in [0.2, 0.25) is 0 Å². The van der Waals surface area contributed by atoms with Gasteiger partial charge in [-0.05, 0) is 20.1 Å². The lowest BCUT2D eigenvalue weighted by Crippen LogP contribution is -2.14. The lowest BCUT2D eigenvalue weighted by Gasteiger charge is -2.04. The average Bonchev–Trinajstić information content (AvgIpc) is 2.32. The van der Waals surface area contributed by atoms with Crippen molar-refractivity contribution < 1.29 is 0 Å². The highest BCUT2D eigenvalue weighted by Crippen LogP contribution is 2.11. The second kappa shape index (κ2) is 8.89. The predicted molar refractivity (Wildman–Crippen MR) is 73.1 cm³/mol. The van der Waals surface area contributed by atoms with Crippen LogP contribution in [0.4, 0.5) is 0 Å². The zero-order chi connectivity index (χ0) is 12.4. The summed E-state index contributed by atoms with van der Waals surface area (Å²) < 4.78 is 0. The van der Waals surface area contributed by atoms with Crippen LogP contribution in [0, 0.1) is 0 Å². The van der Waals surface area contributed by atoms with Crippen LogP contribution in [0.2, 0.25) is 0 Å². The second-order valence-corrected chi connectivity index (χ2v) is 3.66. The number of nitrogens with two attached hydrogens (primary N) is 1. The maximum Gasteiger partial charge on any atom is 0.122 e. The Morgan fingerprint density at radius 3 is 2.56 bits per heavy atom. The van der Waals surface area contributed by atoms with Crippen molar-refractivity contribution in [3.8, 4) is 0 Å². The van der Waals surface area contributed by atoms with Crippen molar-refractivity contribution in [1.29, 1.82) is 0 Å². The topological polar surface area (TPSA) is 50.7 Å². The number of aliphatic imine (C=N–C) groups is 2. The molecule has 0 aromatic rings. The number of rotatable bonds is 7. The summed E-state index contributed by atoms with van der Waals surface area (Å²) in [6.45, 7) is 7.67. The molecule has 16 heavy (non-hydrogen) atoms. The fraction of sp³-hybridized carbons (Fsp3) is 0.538. The lowest BCUT2D eigenvalue weighted by atomic mass is 10.1. The molecule has 0 unspecified atom stereocenters. The first-order valence-corrected chi connectivity index (χ1v) is 5.71. The molecular formula is C13H23N3. The number of hydrogen-bond donors (Lipinski definition) is 1. The molecule has 3 nitrogen and oxygen atoms in total. The van der Waals surface area contributed by atoms with Gasteiger partial charge in [-0.2, -0.15) is 0 Å². The van der Waals surface area contributed by atoms with Crippen LogP contribution in [0.3, 0.4) is 0 Å². The number of amidine groups is 1. The van der Waals surface area contributed by atoms with Crippen molar-refractivity contribution in [2.75, 3.05) is 7.05 Å². The van der Waals surface area contributed by atoms with Gasteiger partial charge in [-0.3, -0.25) is 9.98 Å². The quantitative estimate of drug-likeness (QED) is 0.305. The molecule has 0 aliphatic rings. The number of unbranched alkanes of at least 4 members (excludes halogenated alkanes) is 2. The van der Waals surface area contributed by atoms with Crippen LogP contribution in [0.25, 0.3) is 0 Å². The van der Waals surface area contributed by atoms with Gasteiger partial charge in [-0.15, -0.1) is 0 Å². The Balaban J connectivity index is 4.41. The highest BCUT2D eigenvalue weighted by atomic mass is 14.8. The molecule has 0 atom stereocenters. The predicted octanol–water partition coefficient (Wildman–Crippen LogP) is 3.08. The fourth-order valence-electron chi connectivity index (χ4n) is 1.29. The van der Waals surface area contributed by atoms with Gasteiger partial charge in [0.15, 0.2) is 0 Å². The van der Waals surface area contributed by atoms with Gasteiger partial charge in [0, 0.05) is 24.7 Å². The summed E-state index contributed by atoms with van der Waals surface area (Å²) in [4.78, 5) is 7.93. The molecule has 0 heterocycles. The van der Waals surface area contributed by atoms with Gasteiger partial charge >= 0.3 is 0 Å². The van der Waals surface area contributed by atoms with Crippen molar-refractivity contribution in [3.05, 3.63) is 23.4 Å². The van der Waals surface area contributed by atoms with Crippen molar-refractivity contribution in [1.82, 2.24) is 0 Å². The monoisotopic (exact) mass is 221 g/mol. The molecule has 0 fully saturated rings. The van der Waals surface area contributed by atoms with Crippen LogP contribution in [-0.4, -0.2) is 19.6 Å². The zero-order valence-corrected chi connectivity index (χ0v) is 10.7. The molecule has 0 aliphatic heterocycles. The first kappa shape index (κ1) is 14.6. The zero-order valence-electron chi connectivity index (χ0n) is 10.7. The van der Waals surface area contributed by atoms with Crippen LogP contribution in [0.1, 0.15) is 39.5 Å². The third-order valence-corrected chi connectivity index (χ3v) is 2.45. The van der Waals surface area contributed by atoms with E-state index in [1.165, 1.54) is 12.8 Å². The van der Waals surface area contributed by atoms with E-state index in [-0.39, 0.29) is 0 Å². The highest BCUT2D eigenvalue weighted by Gasteiger charge is 2.01. The third kappa shape index (κ3) is 5.49. The first-order chi connectivity index (χ1) is 7.67. The average molecular weight is 221 g/mol. The van der Waals surface area contributed by atoms with E-state index in [0.717, 1.165) is 24.1 Å². The minimum Gasteiger partial charge on any atom is -0.384 e. The number of nitrogens with zero attached hydrogens (tertiary/aromatic N) is 2. The summed E-state index contributed by atoms with van der Waals surface area (Å²) in [7, 11) is 1.68. The minimum absolute atomic E-state index is 0.532. The van der Waals surface area contributed by atoms with Crippen LogP contribution in [0.5, 0.6) is 0 Å². The first-order valence-electron chi connectivity index (χ1n) is 5.71. The SMILES string of the molecule is C=N/C(C/C=C\CCCC)=C(/C)C(N)=NC. The third-order valence-electron chi connectivity index (χ3n) is 2.45. The largest absolute Gasteiger partial charge is 0.384 e. The number of hydrogen-bond acceptors (Lipinski definition) is 2. The van der Waals surface area contributed by atoms with Crippen molar-refractivity contribution >= 4 is 12.6 Å². The lowest BCUT2D eigenvalue weighted by molar-refractivity contribution is 0.813. The maximum absolute atomic E-state index is 5.73. The van der Waals surface area contributed by atoms with Gasteiger partial charge in [0.1, 0.15) is 5.84 Å². The standard InChI is InChI=1S/C13H23N3/c1-5-6-7-8-9-10-12(15-3)11(2)13(14)16-4/h8-9H,3,5-7,10H2,1-2,4H3,(H2,14,16)/b9-8-,12-11-. The molecule has 0 bridgehead atoms. The normalized spacial score (nSPS) is 14.1. The van der Waals surface area contributed by atoms with E-state index in [1.54, 1.807) is 7.05 Å². The Labute approximate surface area is 98.9 Å². The van der Waals surface area contributed by atoms with Crippen LogP contribution >= 0.6 is 0 Å². The Morgan fingerprint density at radius 1 is 1.38 bits per heavy atom. The van der Waals surface area contributed by atoms with E-state index in [2.05, 4.69) is 35.8 Å². The molecule has 3 heteroatoms. The van der Waals surface area contributed by atoms with E-state index in [1.807, 2.05) is 6.92 Å². The molecule has 0 aromatic carbocycles. The van der Waals surface area contributed by atoms with Crippen molar-refractivity contribution in [2.45, 2.75) is 39.5 Å². The highest BCUT2D eigenvalue weighted by molar-refractivity contribution is 5.97. The van der Waals surface area contributed by atoms with Gasteiger partial charge in [-0.25, -0.2) is 0 Å². The van der Waals surface area contributed by atoms with Crippen molar-refractivity contribution in [2.24, 2.45) is 15.7 Å². The van der Waals surface area contributed by atoms with Gasteiger partial charge in [0.05, 0.1) is 0 Å². The van der Waals surface area contributed by atoms with Gasteiger partial charge in [-0.1, -0.05) is 31.9 Å². The Hall–Kier alpha value is -1.38. The molecule has 0 amide bonds. The van der Waals surface area contributed by atoms with Crippen LogP contribution < -0.4 is 5.73 Å². The molecule has 0 rings (SSSR count). The number of allylic oxidation sites excluding steroid dienone is 2. The Bertz CT molecular complexity index is 298. The van der Waals surface area contributed by atoms with E-state index >= 15 is 0 Å². The van der Waals surface area contributed by atoms with Gasteiger partial charge in [0.25, 0.3) is 0 Å². The molecule has 0 radical (unpaired) electrons.